The number of pyridine rings is 1. The minimum atomic E-state index is -0.976. The standard InChI is InChI=1S/C19H19F2N3O3/c1-10-6-15(12-7-11(20)8-14(21)17(12)22-10)24-4-2-19(3-5-24)13(18(26)27)9-16(25)23-19/h6-8,13H,2-5,9H2,1H3,(H,23,25)(H,26,27)/t13-/m0/s1. The van der Waals surface area contributed by atoms with Gasteiger partial charge in [-0.1, -0.05) is 0 Å². The second-order valence-corrected chi connectivity index (χ2v) is 7.35. The highest BCUT2D eigenvalue weighted by atomic mass is 19.1. The number of aromatic nitrogens is 1. The van der Waals surface area contributed by atoms with Crippen LogP contribution in [0.4, 0.5) is 14.5 Å². The van der Waals surface area contributed by atoms with Crippen LogP contribution in [0.3, 0.4) is 0 Å². The maximum absolute atomic E-state index is 14.2. The molecule has 0 saturated carbocycles. The lowest BCUT2D eigenvalue weighted by molar-refractivity contribution is -0.144. The molecule has 0 bridgehead atoms. The summed E-state index contributed by atoms with van der Waals surface area (Å²) in [7, 11) is 0. The first-order valence-corrected chi connectivity index (χ1v) is 8.84. The molecule has 0 radical (unpaired) electrons. The molecule has 2 N–H and O–H groups in total. The molecule has 142 valence electrons. The molecule has 1 spiro atoms. The first-order valence-electron chi connectivity index (χ1n) is 8.84. The third-order valence-electron chi connectivity index (χ3n) is 5.68. The van der Waals surface area contributed by atoms with E-state index in [1.54, 1.807) is 13.0 Å². The van der Waals surface area contributed by atoms with Crippen molar-refractivity contribution in [3.63, 3.8) is 0 Å². The molecular weight excluding hydrogens is 356 g/mol. The maximum atomic E-state index is 14.2. The molecule has 8 heteroatoms. The van der Waals surface area contributed by atoms with Gasteiger partial charge in [-0.15, -0.1) is 0 Å². The molecule has 0 aliphatic carbocycles. The molecule has 3 heterocycles. The number of anilines is 1. The number of nitrogens with zero attached hydrogens (tertiary/aromatic N) is 2. The normalized spacial score (nSPS) is 21.7. The third-order valence-corrected chi connectivity index (χ3v) is 5.68. The molecular formula is C19H19F2N3O3. The molecule has 27 heavy (non-hydrogen) atoms. The number of halogens is 2. The molecule has 6 nitrogen and oxygen atoms in total. The highest BCUT2D eigenvalue weighted by molar-refractivity contribution is 5.93. The molecule has 2 fully saturated rings. The molecule has 2 aliphatic heterocycles. The SMILES string of the molecule is Cc1cc(N2CCC3(CC2)NC(=O)C[C@H]3C(=O)O)c2cc(F)cc(F)c2n1. The van der Waals surface area contributed by atoms with E-state index < -0.39 is 29.1 Å². The van der Waals surface area contributed by atoms with Gasteiger partial charge in [-0.3, -0.25) is 9.59 Å². The number of hydrogen-bond acceptors (Lipinski definition) is 4. The van der Waals surface area contributed by atoms with E-state index >= 15 is 0 Å². The van der Waals surface area contributed by atoms with E-state index in [1.165, 1.54) is 6.07 Å². The fraction of sp³-hybridized carbons (Fsp3) is 0.421. The lowest BCUT2D eigenvalue weighted by Crippen LogP contribution is -2.55. The van der Waals surface area contributed by atoms with Gasteiger partial charge in [0, 0.05) is 42.3 Å². The number of carbonyl (C=O) groups excluding carboxylic acids is 1. The number of amides is 1. The van der Waals surface area contributed by atoms with Gasteiger partial charge in [0.25, 0.3) is 0 Å². The van der Waals surface area contributed by atoms with Gasteiger partial charge in [-0.25, -0.2) is 13.8 Å². The van der Waals surface area contributed by atoms with Crippen LogP contribution in [0.5, 0.6) is 0 Å². The predicted molar refractivity (Wildman–Crippen MR) is 94.5 cm³/mol. The van der Waals surface area contributed by atoms with Crippen LogP contribution in [0, 0.1) is 24.5 Å². The van der Waals surface area contributed by atoms with E-state index in [-0.39, 0.29) is 17.8 Å². The summed E-state index contributed by atoms with van der Waals surface area (Å²) in [6, 6.07) is 3.86. The Hall–Kier alpha value is -2.77. The summed E-state index contributed by atoms with van der Waals surface area (Å²) in [5, 5.41) is 12.7. The van der Waals surface area contributed by atoms with Gasteiger partial charge in [0.2, 0.25) is 5.91 Å². The Bertz CT molecular complexity index is 955. The van der Waals surface area contributed by atoms with Crippen molar-refractivity contribution >= 4 is 28.5 Å². The van der Waals surface area contributed by atoms with E-state index in [9.17, 15) is 23.5 Å². The second kappa shape index (κ2) is 6.14. The minimum absolute atomic E-state index is 0.0109. The summed E-state index contributed by atoms with van der Waals surface area (Å²) in [6.07, 6.45) is 0.899. The summed E-state index contributed by atoms with van der Waals surface area (Å²) in [4.78, 5) is 29.5. The molecule has 1 atom stereocenters. The minimum Gasteiger partial charge on any atom is -0.481 e. The van der Waals surface area contributed by atoms with E-state index in [1.807, 2.05) is 4.90 Å². The summed E-state index contributed by atoms with van der Waals surface area (Å²) in [5.41, 5.74) is 0.639. The van der Waals surface area contributed by atoms with Crippen LogP contribution in [0.15, 0.2) is 18.2 Å². The highest BCUT2D eigenvalue weighted by Crippen LogP contribution is 2.39. The van der Waals surface area contributed by atoms with Crippen LogP contribution in [0.2, 0.25) is 0 Å². The summed E-state index contributed by atoms with van der Waals surface area (Å²) < 4.78 is 27.9. The number of hydrogen-bond donors (Lipinski definition) is 2. The molecule has 1 aromatic carbocycles. The van der Waals surface area contributed by atoms with Crippen molar-refractivity contribution in [1.82, 2.24) is 10.3 Å². The number of carboxylic acid groups (broad SMARTS) is 1. The van der Waals surface area contributed by atoms with Crippen LogP contribution < -0.4 is 10.2 Å². The topological polar surface area (TPSA) is 82.5 Å². The van der Waals surface area contributed by atoms with Crippen molar-refractivity contribution in [1.29, 1.82) is 0 Å². The Morgan fingerprint density at radius 2 is 2.00 bits per heavy atom. The van der Waals surface area contributed by atoms with Gasteiger partial charge in [0.1, 0.15) is 11.3 Å². The Morgan fingerprint density at radius 1 is 1.30 bits per heavy atom. The zero-order valence-corrected chi connectivity index (χ0v) is 14.8. The van der Waals surface area contributed by atoms with Crippen molar-refractivity contribution < 1.29 is 23.5 Å². The molecule has 2 aromatic rings. The first kappa shape index (κ1) is 17.6. The number of carbonyl (C=O) groups is 2. The van der Waals surface area contributed by atoms with E-state index in [0.717, 1.165) is 6.07 Å². The first-order chi connectivity index (χ1) is 12.8. The van der Waals surface area contributed by atoms with Crippen LogP contribution >= 0.6 is 0 Å². The average molecular weight is 375 g/mol. The van der Waals surface area contributed by atoms with Gasteiger partial charge in [0.15, 0.2) is 5.82 Å². The zero-order chi connectivity index (χ0) is 19.3. The molecule has 0 unspecified atom stereocenters. The highest BCUT2D eigenvalue weighted by Gasteiger charge is 2.51. The van der Waals surface area contributed by atoms with Gasteiger partial charge >= 0.3 is 5.97 Å². The van der Waals surface area contributed by atoms with E-state index in [4.69, 9.17) is 0 Å². The van der Waals surface area contributed by atoms with Gasteiger partial charge in [-0.2, -0.15) is 0 Å². The Morgan fingerprint density at radius 3 is 2.67 bits per heavy atom. The number of carboxylic acids is 1. The number of aliphatic carboxylic acids is 1. The van der Waals surface area contributed by atoms with Gasteiger partial charge < -0.3 is 15.3 Å². The van der Waals surface area contributed by atoms with Crippen LogP contribution in [0.1, 0.15) is 25.0 Å². The zero-order valence-electron chi connectivity index (χ0n) is 14.8. The molecule has 4 rings (SSSR count). The lowest BCUT2D eigenvalue weighted by atomic mass is 9.77. The van der Waals surface area contributed by atoms with Crippen molar-refractivity contribution in [2.75, 3.05) is 18.0 Å². The van der Waals surface area contributed by atoms with Crippen LogP contribution in [-0.2, 0) is 9.59 Å². The number of rotatable bonds is 2. The van der Waals surface area contributed by atoms with E-state index in [2.05, 4.69) is 10.3 Å². The molecule has 1 amide bonds. The fourth-order valence-corrected chi connectivity index (χ4v) is 4.36. The third kappa shape index (κ3) is 2.89. The molecule has 2 aliphatic rings. The number of aryl methyl sites for hydroxylation is 1. The quantitative estimate of drug-likeness (QED) is 0.842. The van der Waals surface area contributed by atoms with Crippen molar-refractivity contribution in [2.24, 2.45) is 5.92 Å². The number of piperidine rings is 1. The Kier molecular flexibility index (Phi) is 4.01. The van der Waals surface area contributed by atoms with Crippen LogP contribution in [-0.4, -0.2) is 40.6 Å². The van der Waals surface area contributed by atoms with Gasteiger partial charge in [0.05, 0.1) is 11.5 Å². The summed E-state index contributed by atoms with van der Waals surface area (Å²) in [5.74, 6) is -3.36. The Balaban J connectivity index is 1.68. The van der Waals surface area contributed by atoms with Crippen molar-refractivity contribution in [3.05, 3.63) is 35.5 Å². The smallest absolute Gasteiger partial charge is 0.309 e. The predicted octanol–water partition coefficient (Wildman–Crippen LogP) is 2.38. The molecule has 1 aromatic heterocycles. The number of nitrogens with one attached hydrogen (secondary N) is 1. The van der Waals surface area contributed by atoms with E-state index in [0.29, 0.717) is 42.7 Å². The summed E-state index contributed by atoms with van der Waals surface area (Å²) >= 11 is 0. The maximum Gasteiger partial charge on any atom is 0.309 e. The number of fused-ring (bicyclic) bond motifs is 1. The van der Waals surface area contributed by atoms with Gasteiger partial charge in [-0.05, 0) is 31.9 Å². The second-order valence-electron chi connectivity index (χ2n) is 7.35. The monoisotopic (exact) mass is 375 g/mol. The molecule has 2 saturated heterocycles. The largest absolute Gasteiger partial charge is 0.481 e. The fourth-order valence-electron chi connectivity index (χ4n) is 4.36. The lowest BCUT2D eigenvalue weighted by Gasteiger charge is -2.42. The Labute approximate surface area is 154 Å². The van der Waals surface area contributed by atoms with Crippen LogP contribution in [0.25, 0.3) is 10.9 Å². The van der Waals surface area contributed by atoms with Crippen molar-refractivity contribution in [3.8, 4) is 0 Å². The summed E-state index contributed by atoms with van der Waals surface area (Å²) in [6.45, 7) is 2.69. The number of benzene rings is 1. The van der Waals surface area contributed by atoms with Crippen molar-refractivity contribution in [2.45, 2.75) is 31.7 Å². The average Bonchev–Trinajstić information content (AvgIpc) is 2.92.